The number of carbonyl (C=O) groups is 1. The quantitative estimate of drug-likeness (QED) is 0.896. The molecule has 0 radical (unpaired) electrons. The molecule has 1 aliphatic rings. The van der Waals surface area contributed by atoms with Crippen molar-refractivity contribution in [2.75, 3.05) is 20.2 Å². The number of rotatable bonds is 4. The normalized spacial score (nSPS) is 20.0. The van der Waals surface area contributed by atoms with Gasteiger partial charge in [0.15, 0.2) is 0 Å². The van der Waals surface area contributed by atoms with Crippen LogP contribution in [0.1, 0.15) is 13.8 Å². The zero-order valence-electron chi connectivity index (χ0n) is 12.7. The lowest BCUT2D eigenvalue weighted by Gasteiger charge is -2.36. The maximum absolute atomic E-state index is 13.0. The van der Waals surface area contributed by atoms with Crippen LogP contribution < -0.4 is 10.1 Å². The Labute approximate surface area is 135 Å². The van der Waals surface area contributed by atoms with Crippen molar-refractivity contribution < 1.29 is 17.9 Å². The van der Waals surface area contributed by atoms with E-state index in [4.69, 9.17) is 16.3 Å². The average molecular weight is 347 g/mol. The zero-order chi connectivity index (χ0) is 16.5. The van der Waals surface area contributed by atoms with E-state index >= 15 is 0 Å². The van der Waals surface area contributed by atoms with Gasteiger partial charge in [-0.25, -0.2) is 8.42 Å². The van der Waals surface area contributed by atoms with Crippen LogP contribution in [0.15, 0.2) is 23.1 Å². The zero-order valence-corrected chi connectivity index (χ0v) is 14.2. The fraction of sp³-hybridized carbons (Fsp3) is 0.500. The number of piperazine rings is 1. The van der Waals surface area contributed by atoms with Gasteiger partial charge < -0.3 is 10.1 Å². The number of hydrogen-bond acceptors (Lipinski definition) is 4. The fourth-order valence-electron chi connectivity index (χ4n) is 2.55. The van der Waals surface area contributed by atoms with Crippen LogP contribution >= 0.6 is 11.6 Å². The minimum Gasteiger partial charge on any atom is -0.495 e. The molecule has 1 aromatic rings. The molecule has 1 amide bonds. The number of ether oxygens (including phenoxy) is 1. The highest BCUT2D eigenvalue weighted by Gasteiger charge is 2.41. The fourth-order valence-corrected chi connectivity index (χ4v) is 4.69. The first-order valence-corrected chi connectivity index (χ1v) is 8.74. The van der Waals surface area contributed by atoms with Gasteiger partial charge in [0.2, 0.25) is 15.9 Å². The van der Waals surface area contributed by atoms with Gasteiger partial charge in [-0.1, -0.05) is 25.4 Å². The summed E-state index contributed by atoms with van der Waals surface area (Å²) in [5.74, 6) is -0.232. The topological polar surface area (TPSA) is 75.7 Å². The molecule has 2 rings (SSSR count). The molecule has 1 N–H and O–H groups in total. The van der Waals surface area contributed by atoms with Gasteiger partial charge in [0.1, 0.15) is 16.7 Å². The van der Waals surface area contributed by atoms with Gasteiger partial charge in [-0.05, 0) is 24.1 Å². The van der Waals surface area contributed by atoms with E-state index in [9.17, 15) is 13.2 Å². The van der Waals surface area contributed by atoms with E-state index in [1.165, 1.54) is 23.5 Å². The lowest BCUT2D eigenvalue weighted by molar-refractivity contribution is -0.128. The summed E-state index contributed by atoms with van der Waals surface area (Å²) >= 11 is 5.93. The number of sulfonamides is 1. The molecule has 0 spiro atoms. The van der Waals surface area contributed by atoms with Crippen molar-refractivity contribution in [1.29, 1.82) is 0 Å². The number of methoxy groups -OCH3 is 1. The minimum absolute atomic E-state index is 0.0251. The monoisotopic (exact) mass is 346 g/mol. The van der Waals surface area contributed by atoms with Crippen LogP contribution in [0.5, 0.6) is 5.75 Å². The molecule has 1 heterocycles. The van der Waals surface area contributed by atoms with Gasteiger partial charge in [-0.3, -0.25) is 4.79 Å². The van der Waals surface area contributed by atoms with E-state index in [0.717, 1.165) is 0 Å². The number of halogens is 1. The standard InChI is InChI=1S/C14H19ClN2O4S/c1-9(2)13-14(18)16-6-7-17(13)22(19,20)12-8-10(15)4-5-11(12)21-3/h4-5,8-9,13H,6-7H2,1-3H3,(H,16,18). The van der Waals surface area contributed by atoms with Crippen molar-refractivity contribution in [2.45, 2.75) is 24.8 Å². The second kappa shape index (κ2) is 6.44. The van der Waals surface area contributed by atoms with Crippen molar-refractivity contribution in [2.24, 2.45) is 5.92 Å². The second-order valence-electron chi connectivity index (χ2n) is 5.39. The van der Waals surface area contributed by atoms with Crippen LogP contribution in [0.3, 0.4) is 0 Å². The third kappa shape index (κ3) is 3.06. The minimum atomic E-state index is -3.89. The van der Waals surface area contributed by atoms with Crippen molar-refractivity contribution >= 4 is 27.5 Å². The Bertz CT molecular complexity index is 675. The number of amides is 1. The molecular weight excluding hydrogens is 328 g/mol. The molecule has 122 valence electrons. The number of hydrogen-bond donors (Lipinski definition) is 1. The van der Waals surface area contributed by atoms with E-state index in [-0.39, 0.29) is 35.6 Å². The summed E-state index contributed by atoms with van der Waals surface area (Å²) in [6.45, 7) is 4.12. The molecule has 1 saturated heterocycles. The molecule has 1 fully saturated rings. The van der Waals surface area contributed by atoms with Crippen molar-refractivity contribution in [3.05, 3.63) is 23.2 Å². The Kier molecular flexibility index (Phi) is 4.99. The van der Waals surface area contributed by atoms with Gasteiger partial charge in [-0.2, -0.15) is 4.31 Å². The lowest BCUT2D eigenvalue weighted by atomic mass is 10.0. The van der Waals surface area contributed by atoms with Crippen LogP contribution in [0.4, 0.5) is 0 Å². The van der Waals surface area contributed by atoms with Crippen molar-refractivity contribution in [1.82, 2.24) is 9.62 Å². The molecule has 1 aliphatic heterocycles. The van der Waals surface area contributed by atoms with Crippen LogP contribution in [0.2, 0.25) is 5.02 Å². The van der Waals surface area contributed by atoms with E-state index < -0.39 is 16.1 Å². The average Bonchev–Trinajstić information content (AvgIpc) is 2.46. The number of nitrogens with zero attached hydrogens (tertiary/aromatic N) is 1. The van der Waals surface area contributed by atoms with Crippen LogP contribution in [-0.2, 0) is 14.8 Å². The Hall–Kier alpha value is -1.31. The van der Waals surface area contributed by atoms with Crippen molar-refractivity contribution in [3.8, 4) is 5.75 Å². The smallest absolute Gasteiger partial charge is 0.247 e. The van der Waals surface area contributed by atoms with Gasteiger partial charge in [0.25, 0.3) is 0 Å². The summed E-state index contributed by atoms with van der Waals surface area (Å²) in [4.78, 5) is 12.0. The Morgan fingerprint density at radius 3 is 2.68 bits per heavy atom. The SMILES string of the molecule is COc1ccc(Cl)cc1S(=O)(=O)N1CCNC(=O)C1C(C)C. The molecule has 0 saturated carbocycles. The van der Waals surface area contributed by atoms with Crippen LogP contribution in [-0.4, -0.2) is 44.9 Å². The molecule has 1 atom stereocenters. The largest absolute Gasteiger partial charge is 0.495 e. The summed E-state index contributed by atoms with van der Waals surface area (Å²) in [5.41, 5.74) is 0. The summed E-state index contributed by atoms with van der Waals surface area (Å²) in [7, 11) is -2.50. The summed E-state index contributed by atoms with van der Waals surface area (Å²) in [6, 6.07) is 3.66. The first-order chi connectivity index (χ1) is 10.3. The molecule has 22 heavy (non-hydrogen) atoms. The maximum Gasteiger partial charge on any atom is 0.247 e. The van der Waals surface area contributed by atoms with Gasteiger partial charge in [-0.15, -0.1) is 0 Å². The molecule has 0 aliphatic carbocycles. The van der Waals surface area contributed by atoms with Crippen LogP contribution in [0.25, 0.3) is 0 Å². The highest BCUT2D eigenvalue weighted by atomic mass is 35.5. The van der Waals surface area contributed by atoms with E-state index in [2.05, 4.69) is 5.32 Å². The summed E-state index contributed by atoms with van der Waals surface area (Å²) in [6.07, 6.45) is 0. The van der Waals surface area contributed by atoms with Gasteiger partial charge in [0.05, 0.1) is 7.11 Å². The maximum atomic E-state index is 13.0. The number of nitrogens with one attached hydrogen (secondary N) is 1. The highest BCUT2D eigenvalue weighted by molar-refractivity contribution is 7.89. The highest BCUT2D eigenvalue weighted by Crippen LogP contribution is 2.32. The van der Waals surface area contributed by atoms with E-state index in [1.54, 1.807) is 6.07 Å². The predicted octanol–water partition coefficient (Wildman–Crippen LogP) is 1.49. The van der Waals surface area contributed by atoms with E-state index in [0.29, 0.717) is 5.02 Å². The molecule has 0 bridgehead atoms. The molecule has 8 heteroatoms. The third-order valence-electron chi connectivity index (χ3n) is 3.55. The summed E-state index contributed by atoms with van der Waals surface area (Å²) < 4.78 is 32.3. The first kappa shape index (κ1) is 17.1. The third-order valence-corrected chi connectivity index (χ3v) is 5.69. The van der Waals surface area contributed by atoms with E-state index in [1.807, 2.05) is 13.8 Å². The molecule has 6 nitrogen and oxygen atoms in total. The van der Waals surface area contributed by atoms with Gasteiger partial charge >= 0.3 is 0 Å². The lowest BCUT2D eigenvalue weighted by Crippen LogP contribution is -2.59. The molecular formula is C14H19ClN2O4S. The first-order valence-electron chi connectivity index (χ1n) is 6.92. The number of carbonyl (C=O) groups excluding carboxylic acids is 1. The summed E-state index contributed by atoms with van der Waals surface area (Å²) in [5, 5.41) is 3.00. The molecule has 1 aromatic carbocycles. The second-order valence-corrected chi connectivity index (χ2v) is 7.69. The van der Waals surface area contributed by atoms with Crippen LogP contribution in [0, 0.1) is 5.92 Å². The Balaban J connectivity index is 2.53. The van der Waals surface area contributed by atoms with Gasteiger partial charge in [0, 0.05) is 18.1 Å². The van der Waals surface area contributed by atoms with Crippen molar-refractivity contribution in [3.63, 3.8) is 0 Å². The Morgan fingerprint density at radius 1 is 1.41 bits per heavy atom. The number of benzene rings is 1. The molecule has 0 aromatic heterocycles. The Morgan fingerprint density at radius 2 is 2.09 bits per heavy atom. The predicted molar refractivity (Wildman–Crippen MR) is 83.5 cm³/mol. The molecule has 1 unspecified atom stereocenters.